The molecule has 6 heteroatoms. The molecule has 0 aromatic carbocycles. The van der Waals surface area contributed by atoms with Gasteiger partial charge in [-0.3, -0.25) is 0 Å². The van der Waals surface area contributed by atoms with E-state index in [2.05, 4.69) is 13.8 Å². The molecule has 0 spiro atoms. The lowest BCUT2D eigenvalue weighted by Crippen LogP contribution is -2.49. The van der Waals surface area contributed by atoms with Gasteiger partial charge in [-0.05, 0) is 24.7 Å². The quantitative estimate of drug-likeness (QED) is 0.777. The first-order valence-electron chi connectivity index (χ1n) is 6.33. The summed E-state index contributed by atoms with van der Waals surface area (Å²) in [6, 6.07) is 0. The largest absolute Gasteiger partial charge is 0.392 e. The van der Waals surface area contributed by atoms with Crippen LogP contribution in [0.2, 0.25) is 0 Å². The van der Waals surface area contributed by atoms with Crippen molar-refractivity contribution < 1.29 is 13.5 Å². The van der Waals surface area contributed by atoms with Gasteiger partial charge in [-0.2, -0.15) is 17.0 Å². The van der Waals surface area contributed by atoms with Gasteiger partial charge >= 0.3 is 0 Å². The summed E-state index contributed by atoms with van der Waals surface area (Å²) in [6.07, 6.45) is 1.15. The van der Waals surface area contributed by atoms with Crippen LogP contribution in [0.4, 0.5) is 0 Å². The van der Waals surface area contributed by atoms with E-state index in [1.165, 1.54) is 4.31 Å². The Morgan fingerprint density at radius 2 is 1.65 bits per heavy atom. The number of aliphatic hydroxyl groups is 1. The van der Waals surface area contributed by atoms with Gasteiger partial charge in [0.1, 0.15) is 0 Å². The van der Waals surface area contributed by atoms with Crippen LogP contribution in [-0.4, -0.2) is 54.4 Å². The van der Waals surface area contributed by atoms with Gasteiger partial charge in [-0.15, -0.1) is 0 Å². The van der Waals surface area contributed by atoms with Gasteiger partial charge in [0, 0.05) is 26.2 Å². The molecule has 0 amide bonds. The molecule has 0 aliphatic carbocycles. The number of nitrogens with zero attached hydrogens (tertiary/aromatic N) is 2. The second-order valence-corrected chi connectivity index (χ2v) is 7.50. The Morgan fingerprint density at radius 3 is 2.12 bits per heavy atom. The van der Waals surface area contributed by atoms with E-state index >= 15 is 0 Å². The average molecular weight is 262 g/mol. The molecule has 2 saturated heterocycles. The Hall–Kier alpha value is -0.170. The molecule has 2 aliphatic rings. The third kappa shape index (κ3) is 2.81. The minimum atomic E-state index is -3.35. The van der Waals surface area contributed by atoms with E-state index in [1.54, 1.807) is 4.31 Å². The monoisotopic (exact) mass is 262 g/mol. The lowest BCUT2D eigenvalue weighted by atomic mass is 9.94. The standard InChI is InChI=1S/C11H22N2O3S/c1-9-5-10(2)7-13(6-9)17(15,16)12-4-3-11(14)8-12/h9-11,14H,3-8H2,1-2H3. The van der Waals surface area contributed by atoms with Crippen molar-refractivity contribution in [2.45, 2.75) is 32.8 Å². The summed E-state index contributed by atoms with van der Waals surface area (Å²) in [7, 11) is -3.35. The molecule has 0 bridgehead atoms. The van der Waals surface area contributed by atoms with Gasteiger partial charge in [-0.1, -0.05) is 13.8 Å². The van der Waals surface area contributed by atoms with E-state index in [-0.39, 0.29) is 6.54 Å². The lowest BCUT2D eigenvalue weighted by molar-refractivity contribution is 0.183. The van der Waals surface area contributed by atoms with Crippen LogP contribution in [0.1, 0.15) is 26.7 Å². The molecule has 5 nitrogen and oxygen atoms in total. The van der Waals surface area contributed by atoms with Gasteiger partial charge < -0.3 is 5.11 Å². The molecular formula is C11H22N2O3S. The summed E-state index contributed by atoms with van der Waals surface area (Å²) in [4.78, 5) is 0. The fourth-order valence-corrected chi connectivity index (χ4v) is 4.79. The molecule has 100 valence electrons. The highest BCUT2D eigenvalue weighted by atomic mass is 32.2. The van der Waals surface area contributed by atoms with E-state index in [0.717, 1.165) is 6.42 Å². The SMILES string of the molecule is CC1CC(C)CN(S(=O)(=O)N2CCC(O)C2)C1. The predicted molar refractivity (Wildman–Crippen MR) is 65.6 cm³/mol. The number of hydrogen-bond acceptors (Lipinski definition) is 3. The number of hydrogen-bond donors (Lipinski definition) is 1. The molecule has 2 aliphatic heterocycles. The molecule has 3 atom stereocenters. The van der Waals surface area contributed by atoms with Crippen LogP contribution in [0.25, 0.3) is 0 Å². The van der Waals surface area contributed by atoms with E-state index in [1.807, 2.05) is 0 Å². The Bertz CT molecular complexity index is 361. The molecule has 0 saturated carbocycles. The zero-order valence-electron chi connectivity index (χ0n) is 10.5. The van der Waals surface area contributed by atoms with Crippen LogP contribution < -0.4 is 0 Å². The Kier molecular flexibility index (Phi) is 3.77. The van der Waals surface area contributed by atoms with E-state index in [9.17, 15) is 13.5 Å². The fourth-order valence-electron chi connectivity index (χ4n) is 2.88. The summed E-state index contributed by atoms with van der Waals surface area (Å²) >= 11 is 0. The van der Waals surface area contributed by atoms with Crippen molar-refractivity contribution in [2.75, 3.05) is 26.2 Å². The number of β-amino-alcohol motifs (C(OH)–C–C–N with tert-alkyl or cyclic N) is 1. The normalized spacial score (nSPS) is 37.5. The fraction of sp³-hybridized carbons (Fsp3) is 1.00. The van der Waals surface area contributed by atoms with Gasteiger partial charge in [-0.25, -0.2) is 0 Å². The van der Waals surface area contributed by atoms with Crippen LogP contribution in [0.3, 0.4) is 0 Å². The smallest absolute Gasteiger partial charge is 0.282 e. The molecule has 2 fully saturated rings. The van der Waals surface area contributed by atoms with Gasteiger partial charge in [0.05, 0.1) is 6.10 Å². The van der Waals surface area contributed by atoms with Crippen molar-refractivity contribution in [3.05, 3.63) is 0 Å². The van der Waals surface area contributed by atoms with E-state index in [4.69, 9.17) is 0 Å². The highest BCUT2D eigenvalue weighted by Gasteiger charge is 2.37. The zero-order chi connectivity index (χ0) is 12.6. The molecule has 1 N–H and O–H groups in total. The Labute approximate surface area is 104 Å². The zero-order valence-corrected chi connectivity index (χ0v) is 11.4. The number of rotatable bonds is 2. The topological polar surface area (TPSA) is 60.9 Å². The first kappa shape index (κ1) is 13.3. The third-order valence-corrected chi connectivity index (χ3v) is 5.55. The van der Waals surface area contributed by atoms with Crippen molar-refractivity contribution in [3.8, 4) is 0 Å². The number of piperidine rings is 1. The second-order valence-electron chi connectivity index (χ2n) is 5.57. The maximum atomic E-state index is 12.4. The molecule has 3 unspecified atom stereocenters. The summed E-state index contributed by atoms with van der Waals surface area (Å²) in [5, 5.41) is 9.44. The summed E-state index contributed by atoms with van der Waals surface area (Å²) < 4.78 is 27.7. The lowest BCUT2D eigenvalue weighted by Gasteiger charge is -2.36. The van der Waals surface area contributed by atoms with Crippen LogP contribution in [0, 0.1) is 11.8 Å². The average Bonchev–Trinajstić information content (AvgIpc) is 2.64. The minimum absolute atomic E-state index is 0.252. The van der Waals surface area contributed by atoms with Crippen molar-refractivity contribution in [1.82, 2.24) is 8.61 Å². The van der Waals surface area contributed by atoms with Crippen LogP contribution >= 0.6 is 0 Å². The highest BCUT2D eigenvalue weighted by Crippen LogP contribution is 2.26. The Balaban J connectivity index is 2.09. The van der Waals surface area contributed by atoms with Crippen LogP contribution in [-0.2, 0) is 10.2 Å². The maximum absolute atomic E-state index is 12.4. The third-order valence-electron chi connectivity index (χ3n) is 3.61. The molecule has 2 rings (SSSR count). The maximum Gasteiger partial charge on any atom is 0.282 e. The predicted octanol–water partition coefficient (Wildman–Crippen LogP) is 0.276. The second kappa shape index (κ2) is 4.84. The summed E-state index contributed by atoms with van der Waals surface area (Å²) in [6.45, 7) is 6.11. The van der Waals surface area contributed by atoms with Gasteiger partial charge in [0.25, 0.3) is 10.2 Å². The first-order chi connectivity index (χ1) is 7.89. The molecule has 0 aromatic heterocycles. The van der Waals surface area contributed by atoms with Crippen molar-refractivity contribution in [2.24, 2.45) is 11.8 Å². The molecule has 0 radical (unpaired) electrons. The van der Waals surface area contributed by atoms with Crippen molar-refractivity contribution in [1.29, 1.82) is 0 Å². The molecule has 17 heavy (non-hydrogen) atoms. The van der Waals surface area contributed by atoms with Crippen LogP contribution in [0.15, 0.2) is 0 Å². The van der Waals surface area contributed by atoms with Gasteiger partial charge in [0.15, 0.2) is 0 Å². The van der Waals surface area contributed by atoms with Gasteiger partial charge in [0.2, 0.25) is 0 Å². The Morgan fingerprint density at radius 1 is 1.06 bits per heavy atom. The van der Waals surface area contributed by atoms with Crippen molar-refractivity contribution >= 4 is 10.2 Å². The van der Waals surface area contributed by atoms with Crippen LogP contribution in [0.5, 0.6) is 0 Å². The number of aliphatic hydroxyl groups excluding tert-OH is 1. The minimum Gasteiger partial charge on any atom is -0.392 e. The van der Waals surface area contributed by atoms with E-state index in [0.29, 0.717) is 37.9 Å². The molecule has 0 aromatic rings. The van der Waals surface area contributed by atoms with E-state index < -0.39 is 16.3 Å². The summed E-state index contributed by atoms with van der Waals surface area (Å²) in [5.74, 6) is 0.835. The van der Waals surface area contributed by atoms with Crippen molar-refractivity contribution in [3.63, 3.8) is 0 Å². The molecular weight excluding hydrogens is 240 g/mol. The highest BCUT2D eigenvalue weighted by molar-refractivity contribution is 7.86. The first-order valence-corrected chi connectivity index (χ1v) is 7.72. The summed E-state index contributed by atoms with van der Waals surface area (Å²) in [5.41, 5.74) is 0. The molecule has 2 heterocycles.